The highest BCUT2D eigenvalue weighted by atomic mass is 15.0. The zero-order valence-corrected chi connectivity index (χ0v) is 26.2. The number of allylic oxidation sites excluding steroid dienone is 17. The van der Waals surface area contributed by atoms with Crippen molar-refractivity contribution in [1.29, 1.82) is 0 Å². The molecule has 3 heteroatoms. The molecule has 0 fully saturated rings. The van der Waals surface area contributed by atoms with Crippen LogP contribution in [0.25, 0.3) is 29.4 Å². The molecule has 7 aliphatic carbocycles. The quantitative estimate of drug-likeness (QED) is 0.366. The molecule has 0 radical (unpaired) electrons. The summed E-state index contributed by atoms with van der Waals surface area (Å²) < 4.78 is 0. The maximum atomic E-state index is 5.33. The molecule has 1 aromatic carbocycles. The van der Waals surface area contributed by atoms with Gasteiger partial charge in [0, 0.05) is 34.8 Å². The molecular weight excluding hydrogens is 546 g/mol. The first-order valence-corrected chi connectivity index (χ1v) is 16.9. The largest absolute Gasteiger partial charge is 0.213 e. The number of fused-ring (bicyclic) bond motifs is 7. The van der Waals surface area contributed by atoms with Crippen molar-refractivity contribution in [1.82, 2.24) is 15.0 Å². The van der Waals surface area contributed by atoms with Gasteiger partial charge in [-0.3, -0.25) is 0 Å². The zero-order valence-electron chi connectivity index (χ0n) is 26.2. The molecule has 0 aliphatic heterocycles. The number of hydrogen-bond acceptors (Lipinski definition) is 3. The highest BCUT2D eigenvalue weighted by Gasteiger charge is 2.46. The summed E-state index contributed by atoms with van der Waals surface area (Å²) in [5, 5.41) is 2.74. The van der Waals surface area contributed by atoms with E-state index < -0.39 is 0 Å². The summed E-state index contributed by atoms with van der Waals surface area (Å²) in [5.41, 5.74) is 8.30. The van der Waals surface area contributed by atoms with Crippen LogP contribution in [0, 0.1) is 23.2 Å². The Labute approximate surface area is 266 Å². The highest BCUT2D eigenvalue weighted by molar-refractivity contribution is 5.79. The SMILES string of the molecule is CC1(C)C2=C(CCC=C2)C2C=CC(c3nc(C4=CC=CC5C=Cc6c(ccc7c6=CCCC=7)C45)nc(C4C=CC=CC4)n3)=CC21. The standard InChI is InChI=1S/C42H39N3/c1-42(2)36-18-9-8-16-32(36)33-23-21-29(25-37(33)42)40-43-39(28-12-4-3-5-13-28)44-41(45-40)35-17-10-14-27-20-22-31-30-15-7-6-11-26(30)19-24-34(31)38(27)35/h3-5,9-12,14-15,17-25,27-28,33,37-38H,6-8,13,16H2,1-2H3. The molecule has 5 atom stereocenters. The normalized spacial score (nSPS) is 29.5. The molecule has 0 saturated carbocycles. The summed E-state index contributed by atoms with van der Waals surface area (Å²) in [7, 11) is 0. The summed E-state index contributed by atoms with van der Waals surface area (Å²) in [5.74, 6) is 3.95. The van der Waals surface area contributed by atoms with Crippen LogP contribution in [0.5, 0.6) is 0 Å². The number of aromatic nitrogens is 3. The van der Waals surface area contributed by atoms with E-state index in [1.165, 1.54) is 39.1 Å². The Morgan fingerprint density at radius 2 is 1.71 bits per heavy atom. The second kappa shape index (κ2) is 10.3. The van der Waals surface area contributed by atoms with Crippen molar-refractivity contribution in [3.63, 3.8) is 0 Å². The fourth-order valence-electron chi connectivity index (χ4n) is 8.92. The first kappa shape index (κ1) is 27.0. The van der Waals surface area contributed by atoms with Crippen molar-refractivity contribution in [2.24, 2.45) is 23.2 Å². The third-order valence-corrected chi connectivity index (χ3v) is 11.2. The Balaban J connectivity index is 1.17. The lowest BCUT2D eigenvalue weighted by Gasteiger charge is -2.33. The van der Waals surface area contributed by atoms with Gasteiger partial charge in [-0.25, -0.2) is 15.0 Å². The molecule has 1 heterocycles. The first-order chi connectivity index (χ1) is 22.1. The predicted molar refractivity (Wildman–Crippen MR) is 185 cm³/mol. The van der Waals surface area contributed by atoms with E-state index in [2.05, 4.69) is 123 Å². The second-order valence-electron chi connectivity index (χ2n) is 14.1. The molecule has 45 heavy (non-hydrogen) atoms. The third-order valence-electron chi connectivity index (χ3n) is 11.2. The van der Waals surface area contributed by atoms with Crippen molar-refractivity contribution >= 4 is 29.4 Å². The van der Waals surface area contributed by atoms with E-state index in [1.54, 1.807) is 5.57 Å². The van der Waals surface area contributed by atoms with Gasteiger partial charge in [0.2, 0.25) is 0 Å². The Morgan fingerprint density at radius 3 is 2.62 bits per heavy atom. The van der Waals surface area contributed by atoms with Gasteiger partial charge >= 0.3 is 0 Å². The minimum atomic E-state index is 0.0815. The topological polar surface area (TPSA) is 38.7 Å². The number of nitrogens with zero attached hydrogens (tertiary/aromatic N) is 3. The minimum Gasteiger partial charge on any atom is -0.213 e. The van der Waals surface area contributed by atoms with E-state index >= 15 is 0 Å². The molecule has 0 amide bonds. The van der Waals surface area contributed by atoms with E-state index in [-0.39, 0.29) is 23.2 Å². The third kappa shape index (κ3) is 4.27. The van der Waals surface area contributed by atoms with Gasteiger partial charge in [-0.1, -0.05) is 129 Å². The smallest absolute Gasteiger partial charge is 0.163 e. The summed E-state index contributed by atoms with van der Waals surface area (Å²) in [4.78, 5) is 15.8. The average Bonchev–Trinajstić information content (AvgIpc) is 3.33. The molecule has 0 spiro atoms. The van der Waals surface area contributed by atoms with Crippen molar-refractivity contribution in [2.45, 2.75) is 57.8 Å². The monoisotopic (exact) mass is 585 g/mol. The summed E-state index contributed by atoms with van der Waals surface area (Å²) in [6, 6.07) is 4.67. The molecule has 222 valence electrons. The molecule has 0 bridgehead atoms. The van der Waals surface area contributed by atoms with Crippen LogP contribution in [0.3, 0.4) is 0 Å². The summed E-state index contributed by atoms with van der Waals surface area (Å²) in [6.07, 6.45) is 42.4. The Hall–Kier alpha value is -4.37. The van der Waals surface area contributed by atoms with Crippen LogP contribution in [-0.4, -0.2) is 15.0 Å². The maximum absolute atomic E-state index is 5.33. The van der Waals surface area contributed by atoms with Crippen LogP contribution in [0.4, 0.5) is 0 Å². The minimum absolute atomic E-state index is 0.0815. The van der Waals surface area contributed by atoms with Crippen LogP contribution in [0.2, 0.25) is 0 Å². The van der Waals surface area contributed by atoms with Gasteiger partial charge in [-0.15, -0.1) is 0 Å². The lowest BCUT2D eigenvalue weighted by molar-refractivity contribution is 0.321. The summed E-state index contributed by atoms with van der Waals surface area (Å²) in [6.45, 7) is 4.83. The van der Waals surface area contributed by atoms with Gasteiger partial charge in [-0.05, 0) is 70.6 Å². The fraction of sp³-hybridized carbons (Fsp3) is 0.310. The number of hydrogen-bond donors (Lipinski definition) is 0. The lowest BCUT2D eigenvalue weighted by Crippen LogP contribution is -2.33. The fourth-order valence-corrected chi connectivity index (χ4v) is 8.92. The van der Waals surface area contributed by atoms with Crippen LogP contribution in [-0.2, 0) is 0 Å². The van der Waals surface area contributed by atoms with Crippen LogP contribution < -0.4 is 10.4 Å². The van der Waals surface area contributed by atoms with E-state index in [9.17, 15) is 0 Å². The molecule has 7 aliphatic rings. The lowest BCUT2D eigenvalue weighted by atomic mass is 9.71. The summed E-state index contributed by atoms with van der Waals surface area (Å²) >= 11 is 0. The van der Waals surface area contributed by atoms with Crippen LogP contribution in [0.1, 0.15) is 86.4 Å². The molecule has 9 rings (SSSR count). The average molecular weight is 586 g/mol. The Kier molecular flexibility index (Phi) is 6.20. The van der Waals surface area contributed by atoms with Crippen LogP contribution >= 0.6 is 0 Å². The Morgan fingerprint density at radius 1 is 0.800 bits per heavy atom. The Bertz CT molecular complexity index is 2040. The number of benzene rings is 1. The molecule has 0 saturated heterocycles. The van der Waals surface area contributed by atoms with E-state index in [1.807, 2.05) is 0 Å². The first-order valence-electron chi connectivity index (χ1n) is 16.9. The van der Waals surface area contributed by atoms with Gasteiger partial charge in [0.1, 0.15) is 5.82 Å². The highest BCUT2D eigenvalue weighted by Crippen LogP contribution is 2.56. The second-order valence-corrected chi connectivity index (χ2v) is 14.1. The van der Waals surface area contributed by atoms with Gasteiger partial charge in [0.25, 0.3) is 0 Å². The van der Waals surface area contributed by atoms with E-state index in [4.69, 9.17) is 15.0 Å². The van der Waals surface area contributed by atoms with Gasteiger partial charge in [0.15, 0.2) is 11.6 Å². The van der Waals surface area contributed by atoms with Gasteiger partial charge in [-0.2, -0.15) is 0 Å². The van der Waals surface area contributed by atoms with Gasteiger partial charge in [0.05, 0.1) is 0 Å². The van der Waals surface area contributed by atoms with Crippen LogP contribution in [0.15, 0.2) is 102 Å². The van der Waals surface area contributed by atoms with Crippen molar-refractivity contribution in [2.75, 3.05) is 0 Å². The molecule has 1 aromatic heterocycles. The molecule has 5 unspecified atom stereocenters. The maximum Gasteiger partial charge on any atom is 0.163 e. The molecule has 0 N–H and O–H groups in total. The van der Waals surface area contributed by atoms with E-state index in [0.717, 1.165) is 48.7 Å². The van der Waals surface area contributed by atoms with Gasteiger partial charge < -0.3 is 0 Å². The van der Waals surface area contributed by atoms with Crippen molar-refractivity contribution in [3.8, 4) is 0 Å². The molecule has 3 nitrogen and oxygen atoms in total. The zero-order chi connectivity index (χ0) is 30.1. The molecular formula is C42H39N3. The van der Waals surface area contributed by atoms with Crippen molar-refractivity contribution < 1.29 is 0 Å². The molecule has 2 aromatic rings. The predicted octanol–water partition coefficient (Wildman–Crippen LogP) is 8.08. The number of rotatable bonds is 3. The van der Waals surface area contributed by atoms with Crippen molar-refractivity contribution in [3.05, 3.63) is 141 Å². The van der Waals surface area contributed by atoms with E-state index in [0.29, 0.717) is 11.8 Å².